The van der Waals surface area contributed by atoms with Crippen LogP contribution in [0.3, 0.4) is 0 Å². The molecule has 3 heterocycles. The van der Waals surface area contributed by atoms with Crippen molar-refractivity contribution >= 4 is 17.7 Å². The van der Waals surface area contributed by atoms with Crippen LogP contribution in [-0.2, 0) is 12.7 Å². The van der Waals surface area contributed by atoms with Gasteiger partial charge in [-0.05, 0) is 56.4 Å². The summed E-state index contributed by atoms with van der Waals surface area (Å²) in [6.07, 6.45) is -1.75. The second kappa shape index (κ2) is 10.3. The summed E-state index contributed by atoms with van der Waals surface area (Å²) in [6, 6.07) is 4.70. The fraction of sp³-hybridized carbons (Fsp3) is 0.560. The van der Waals surface area contributed by atoms with Crippen molar-refractivity contribution in [1.29, 1.82) is 0 Å². The molecule has 0 atom stereocenters. The van der Waals surface area contributed by atoms with E-state index in [9.17, 15) is 27.9 Å². The molecule has 1 aromatic heterocycles. The number of nitrogens with zero attached hydrogens (tertiary/aromatic N) is 5. The van der Waals surface area contributed by atoms with Gasteiger partial charge in [-0.15, -0.1) is 0 Å². The molecular weight excluding hydrogens is 491 g/mol. The molecule has 2 N–H and O–H groups in total. The Balaban J connectivity index is 1.44. The van der Waals surface area contributed by atoms with Crippen LogP contribution in [-0.4, -0.2) is 86.7 Å². The van der Waals surface area contributed by atoms with Gasteiger partial charge in [0.05, 0.1) is 11.2 Å². The highest BCUT2D eigenvalue weighted by Crippen LogP contribution is 2.37. The number of carbonyl (C=O) groups is 2. The van der Waals surface area contributed by atoms with Gasteiger partial charge < -0.3 is 20.0 Å². The maximum absolute atomic E-state index is 13.5. The number of piperazine rings is 1. The van der Waals surface area contributed by atoms with Gasteiger partial charge in [0, 0.05) is 57.7 Å². The largest absolute Gasteiger partial charge is 0.476 e. The summed E-state index contributed by atoms with van der Waals surface area (Å²) in [5, 5.41) is 23.1. The Labute approximate surface area is 213 Å². The summed E-state index contributed by atoms with van der Waals surface area (Å²) < 4.78 is 41.5. The molecule has 2 aromatic rings. The minimum absolute atomic E-state index is 0.0879. The van der Waals surface area contributed by atoms with Crippen LogP contribution in [0.4, 0.5) is 23.7 Å². The van der Waals surface area contributed by atoms with Crippen LogP contribution < -0.4 is 4.90 Å². The van der Waals surface area contributed by atoms with E-state index in [1.165, 1.54) is 24.4 Å². The van der Waals surface area contributed by atoms with Crippen LogP contribution in [0.5, 0.6) is 0 Å². The minimum Gasteiger partial charge on any atom is -0.476 e. The molecule has 0 radical (unpaired) electrons. The van der Waals surface area contributed by atoms with Gasteiger partial charge in [0.2, 0.25) is 0 Å². The number of halogens is 3. The first-order valence-electron chi connectivity index (χ1n) is 12.3. The maximum Gasteiger partial charge on any atom is 0.416 e. The summed E-state index contributed by atoms with van der Waals surface area (Å²) in [4.78, 5) is 29.3. The van der Waals surface area contributed by atoms with Crippen molar-refractivity contribution in [2.24, 2.45) is 5.92 Å². The van der Waals surface area contributed by atoms with E-state index >= 15 is 0 Å². The van der Waals surface area contributed by atoms with Crippen LogP contribution in [0.1, 0.15) is 48.3 Å². The average molecular weight is 524 g/mol. The summed E-state index contributed by atoms with van der Waals surface area (Å²) in [7, 11) is 0. The van der Waals surface area contributed by atoms with Gasteiger partial charge in [0.15, 0.2) is 5.69 Å². The first-order valence-corrected chi connectivity index (χ1v) is 12.3. The molecule has 2 fully saturated rings. The van der Waals surface area contributed by atoms with E-state index in [0.717, 1.165) is 16.3 Å². The Morgan fingerprint density at radius 1 is 1.03 bits per heavy atom. The van der Waals surface area contributed by atoms with E-state index in [1.807, 2.05) is 4.90 Å². The average Bonchev–Trinajstić information content (AvgIpc) is 3.34. The highest BCUT2D eigenvalue weighted by atomic mass is 19.4. The molecule has 9 nitrogen and oxygen atoms in total. The molecule has 1 aromatic carbocycles. The number of benzene rings is 1. The van der Waals surface area contributed by atoms with Crippen LogP contribution in [0, 0.1) is 5.92 Å². The molecule has 0 unspecified atom stereocenters. The first-order chi connectivity index (χ1) is 17.3. The number of aromatic nitrogens is 2. The van der Waals surface area contributed by atoms with Crippen molar-refractivity contribution in [3.05, 3.63) is 47.3 Å². The standard InChI is InChI=1S/C25H32F3N5O4/c1-24(2,37)18-5-8-31(9-6-18)21-15-19(25(26,27)28)4-3-17(21)16-30-11-13-32(14-12-30)23(36)33-10-7-20(29-33)22(34)35/h3-4,7,10,15,18,37H,5-6,8-9,11-14,16H2,1-2H3,(H,34,35). The zero-order valence-corrected chi connectivity index (χ0v) is 20.9. The Morgan fingerprint density at radius 2 is 1.68 bits per heavy atom. The fourth-order valence-electron chi connectivity index (χ4n) is 5.02. The molecule has 4 rings (SSSR count). The quantitative estimate of drug-likeness (QED) is 0.620. The SMILES string of the molecule is CC(C)(O)C1CCN(c2cc(C(F)(F)F)ccc2CN2CCN(C(=O)n3ccc(C(=O)O)n3)CC2)CC1. The van der Waals surface area contributed by atoms with E-state index in [1.54, 1.807) is 18.7 Å². The number of aliphatic hydroxyl groups is 1. The van der Waals surface area contributed by atoms with Gasteiger partial charge in [-0.2, -0.15) is 23.0 Å². The van der Waals surface area contributed by atoms with E-state index in [4.69, 9.17) is 5.11 Å². The summed E-state index contributed by atoms with van der Waals surface area (Å²) >= 11 is 0. The third kappa shape index (κ3) is 6.24. The fourth-order valence-corrected chi connectivity index (χ4v) is 5.02. The first kappa shape index (κ1) is 26.9. The number of hydrogen-bond donors (Lipinski definition) is 2. The Bertz CT molecular complexity index is 1130. The van der Waals surface area contributed by atoms with Gasteiger partial charge in [-0.1, -0.05) is 6.07 Å². The number of carboxylic acids is 1. The number of hydrogen-bond acceptors (Lipinski definition) is 6. The van der Waals surface area contributed by atoms with Crippen LogP contribution in [0.15, 0.2) is 30.5 Å². The maximum atomic E-state index is 13.5. The number of carboxylic acid groups (broad SMARTS) is 1. The zero-order valence-electron chi connectivity index (χ0n) is 20.9. The second-order valence-corrected chi connectivity index (χ2v) is 10.3. The number of rotatable bonds is 5. The van der Waals surface area contributed by atoms with Gasteiger partial charge in [-0.3, -0.25) is 4.90 Å². The molecule has 37 heavy (non-hydrogen) atoms. The van der Waals surface area contributed by atoms with Crippen LogP contribution >= 0.6 is 0 Å². The van der Waals surface area contributed by atoms with Crippen molar-refractivity contribution in [1.82, 2.24) is 19.6 Å². The Kier molecular flexibility index (Phi) is 7.52. The molecule has 0 saturated carbocycles. The zero-order chi connectivity index (χ0) is 27.0. The van der Waals surface area contributed by atoms with Gasteiger partial charge in [-0.25, -0.2) is 9.59 Å². The monoisotopic (exact) mass is 523 g/mol. The van der Waals surface area contributed by atoms with E-state index in [2.05, 4.69) is 10.00 Å². The molecule has 1 amide bonds. The molecule has 0 bridgehead atoms. The molecular formula is C25H32F3N5O4. The van der Waals surface area contributed by atoms with Crippen LogP contribution in [0.25, 0.3) is 0 Å². The number of anilines is 1. The third-order valence-corrected chi connectivity index (χ3v) is 7.29. The summed E-state index contributed by atoms with van der Waals surface area (Å²) in [6.45, 7) is 6.89. The van der Waals surface area contributed by atoms with Crippen LogP contribution in [0.2, 0.25) is 0 Å². The topological polar surface area (TPSA) is 102 Å². The van der Waals surface area contributed by atoms with E-state index in [0.29, 0.717) is 64.3 Å². The molecule has 0 spiro atoms. The molecule has 0 aliphatic carbocycles. The van der Waals surface area contributed by atoms with Crippen molar-refractivity contribution in [2.75, 3.05) is 44.2 Å². The molecule has 12 heteroatoms. The number of piperidine rings is 1. The summed E-state index contributed by atoms with van der Waals surface area (Å²) in [5.74, 6) is -1.13. The Hall–Kier alpha value is -3.12. The van der Waals surface area contributed by atoms with Gasteiger partial charge >= 0.3 is 18.2 Å². The third-order valence-electron chi connectivity index (χ3n) is 7.29. The van der Waals surface area contributed by atoms with Gasteiger partial charge in [0.25, 0.3) is 0 Å². The lowest BCUT2D eigenvalue weighted by Gasteiger charge is -2.40. The van der Waals surface area contributed by atoms with Crippen molar-refractivity contribution in [3.63, 3.8) is 0 Å². The van der Waals surface area contributed by atoms with Crippen molar-refractivity contribution in [2.45, 2.75) is 45.0 Å². The predicted octanol–water partition coefficient (Wildman–Crippen LogP) is 3.37. The number of amides is 1. The molecule has 202 valence electrons. The molecule has 2 aliphatic heterocycles. The molecule has 2 aliphatic rings. The minimum atomic E-state index is -4.45. The summed E-state index contributed by atoms with van der Waals surface area (Å²) in [5.41, 5.74) is -0.391. The second-order valence-electron chi connectivity index (χ2n) is 10.3. The highest BCUT2D eigenvalue weighted by molar-refractivity contribution is 5.86. The van der Waals surface area contributed by atoms with E-state index < -0.39 is 29.3 Å². The van der Waals surface area contributed by atoms with Gasteiger partial charge in [0.1, 0.15) is 0 Å². The van der Waals surface area contributed by atoms with Crippen molar-refractivity contribution in [3.8, 4) is 0 Å². The number of carbonyl (C=O) groups excluding carboxylic acids is 1. The molecule has 2 saturated heterocycles. The van der Waals surface area contributed by atoms with E-state index in [-0.39, 0.29) is 11.6 Å². The Morgan fingerprint density at radius 3 is 2.22 bits per heavy atom. The smallest absolute Gasteiger partial charge is 0.416 e. The lowest BCUT2D eigenvalue weighted by Crippen LogP contribution is -2.49. The lowest BCUT2D eigenvalue weighted by molar-refractivity contribution is -0.137. The van der Waals surface area contributed by atoms with Crippen molar-refractivity contribution < 1.29 is 33.0 Å². The predicted molar refractivity (Wildman–Crippen MR) is 130 cm³/mol. The highest BCUT2D eigenvalue weighted by Gasteiger charge is 2.34. The number of alkyl halides is 3. The normalized spacial score (nSPS) is 18.3. The lowest BCUT2D eigenvalue weighted by atomic mass is 9.83. The number of aromatic carboxylic acids is 1.